The molecule has 3 aromatic rings. The Kier molecular flexibility index (Phi) is 8.11. The van der Waals surface area contributed by atoms with Gasteiger partial charge in [-0.15, -0.1) is 16.8 Å². The molecule has 2 N–H and O–H groups in total. The number of nitrogens with zero attached hydrogens (tertiary/aromatic N) is 3. The molecule has 0 saturated heterocycles. The second kappa shape index (κ2) is 11.0. The van der Waals surface area contributed by atoms with Crippen molar-refractivity contribution in [2.75, 3.05) is 11.1 Å². The van der Waals surface area contributed by atoms with E-state index < -0.39 is 23.7 Å². The molecule has 1 atom stereocenters. The van der Waals surface area contributed by atoms with Crippen LogP contribution < -0.4 is 10.6 Å². The maximum Gasteiger partial charge on any atom is 0.416 e. The number of amides is 2. The van der Waals surface area contributed by atoms with Gasteiger partial charge in [0.25, 0.3) is 5.91 Å². The molecule has 3 rings (SSSR count). The molecule has 0 unspecified atom stereocenters. The predicted molar refractivity (Wildman–Crippen MR) is 123 cm³/mol. The van der Waals surface area contributed by atoms with Crippen LogP contribution in [0.15, 0.2) is 72.4 Å². The molecule has 0 bridgehead atoms. The number of anilines is 1. The van der Waals surface area contributed by atoms with Crippen molar-refractivity contribution in [1.29, 1.82) is 0 Å². The molecule has 0 aliphatic carbocycles. The third kappa shape index (κ3) is 6.47. The largest absolute Gasteiger partial charge is 0.416 e. The Balaban J connectivity index is 1.65. The van der Waals surface area contributed by atoms with Gasteiger partial charge in [-0.25, -0.2) is 0 Å². The van der Waals surface area contributed by atoms with Gasteiger partial charge >= 0.3 is 6.18 Å². The first kappa shape index (κ1) is 25.0. The van der Waals surface area contributed by atoms with Gasteiger partial charge in [-0.3, -0.25) is 9.59 Å². The summed E-state index contributed by atoms with van der Waals surface area (Å²) < 4.78 is 40.3. The number of halogens is 3. The summed E-state index contributed by atoms with van der Waals surface area (Å²) in [5.74, 6) is -0.388. The third-order valence-electron chi connectivity index (χ3n) is 4.63. The van der Waals surface area contributed by atoms with E-state index in [-0.39, 0.29) is 17.3 Å². The Hall–Kier alpha value is -3.60. The molecule has 178 valence electrons. The number of alkyl halides is 3. The normalized spacial score (nSPS) is 12.1. The van der Waals surface area contributed by atoms with Crippen LogP contribution in [0.5, 0.6) is 0 Å². The van der Waals surface area contributed by atoms with Crippen LogP contribution in [0.2, 0.25) is 0 Å². The molecule has 2 amide bonds. The van der Waals surface area contributed by atoms with Crippen molar-refractivity contribution in [3.8, 4) is 0 Å². The van der Waals surface area contributed by atoms with Crippen LogP contribution in [-0.2, 0) is 17.5 Å². The lowest BCUT2D eigenvalue weighted by atomic mass is 10.2. The minimum absolute atomic E-state index is 0.0471. The van der Waals surface area contributed by atoms with Crippen LogP contribution >= 0.6 is 11.8 Å². The quantitative estimate of drug-likeness (QED) is 0.336. The molecule has 0 radical (unpaired) electrons. The average molecular weight is 490 g/mol. The Bertz CT molecular complexity index is 1160. The SMILES string of the molecule is C=CCn1c(SCC(=O)Nc2cccc(C(F)(F)F)c2)nnc1[C@H](C)NC(=O)c1ccccc1. The van der Waals surface area contributed by atoms with Gasteiger partial charge < -0.3 is 15.2 Å². The Morgan fingerprint density at radius 1 is 1.15 bits per heavy atom. The van der Waals surface area contributed by atoms with Crippen molar-refractivity contribution >= 4 is 29.3 Å². The van der Waals surface area contributed by atoms with Gasteiger partial charge in [-0.1, -0.05) is 42.1 Å². The molecule has 0 fully saturated rings. The fraction of sp³-hybridized carbons (Fsp3) is 0.217. The molecule has 34 heavy (non-hydrogen) atoms. The van der Waals surface area contributed by atoms with Crippen molar-refractivity contribution in [2.24, 2.45) is 0 Å². The number of aromatic nitrogens is 3. The van der Waals surface area contributed by atoms with E-state index in [9.17, 15) is 22.8 Å². The molecular weight excluding hydrogens is 467 g/mol. The van der Waals surface area contributed by atoms with Crippen molar-refractivity contribution in [1.82, 2.24) is 20.1 Å². The Morgan fingerprint density at radius 2 is 1.88 bits per heavy atom. The maximum absolute atomic E-state index is 12.9. The number of allylic oxidation sites excluding steroid dienone is 1. The second-order valence-electron chi connectivity index (χ2n) is 7.22. The molecule has 0 aliphatic rings. The lowest BCUT2D eigenvalue weighted by molar-refractivity contribution is -0.137. The van der Waals surface area contributed by atoms with Crippen molar-refractivity contribution < 1.29 is 22.8 Å². The maximum atomic E-state index is 12.9. The molecule has 11 heteroatoms. The van der Waals surface area contributed by atoms with Crippen LogP contribution in [0.4, 0.5) is 18.9 Å². The molecule has 7 nitrogen and oxygen atoms in total. The first-order chi connectivity index (χ1) is 16.2. The summed E-state index contributed by atoms with van der Waals surface area (Å²) in [4.78, 5) is 24.8. The summed E-state index contributed by atoms with van der Waals surface area (Å²) >= 11 is 1.07. The van der Waals surface area contributed by atoms with Crippen molar-refractivity contribution in [3.63, 3.8) is 0 Å². The lowest BCUT2D eigenvalue weighted by Crippen LogP contribution is -2.28. The van der Waals surface area contributed by atoms with E-state index in [1.165, 1.54) is 12.1 Å². The van der Waals surface area contributed by atoms with Crippen LogP contribution in [0.3, 0.4) is 0 Å². The highest BCUT2D eigenvalue weighted by atomic mass is 32.2. The minimum atomic E-state index is -4.50. The van der Waals surface area contributed by atoms with Gasteiger partial charge in [-0.2, -0.15) is 13.2 Å². The summed E-state index contributed by atoms with van der Waals surface area (Å²) in [5.41, 5.74) is -0.296. The summed E-state index contributed by atoms with van der Waals surface area (Å²) in [6.07, 6.45) is -2.87. The number of benzene rings is 2. The molecule has 0 saturated carbocycles. The number of nitrogens with one attached hydrogen (secondary N) is 2. The van der Waals surface area contributed by atoms with Gasteiger partial charge in [0.15, 0.2) is 11.0 Å². The van der Waals surface area contributed by atoms with Gasteiger partial charge in [0, 0.05) is 17.8 Å². The number of rotatable bonds is 9. The van der Waals surface area contributed by atoms with Crippen molar-refractivity contribution in [3.05, 3.63) is 84.2 Å². The topological polar surface area (TPSA) is 88.9 Å². The highest BCUT2D eigenvalue weighted by Gasteiger charge is 2.30. The summed E-state index contributed by atoms with van der Waals surface area (Å²) in [6, 6.07) is 12.7. The van der Waals surface area contributed by atoms with Crippen molar-refractivity contribution in [2.45, 2.75) is 30.8 Å². The Morgan fingerprint density at radius 3 is 2.56 bits per heavy atom. The van der Waals surface area contributed by atoms with Gasteiger partial charge in [0.05, 0.1) is 17.4 Å². The van der Waals surface area contributed by atoms with E-state index in [0.29, 0.717) is 23.1 Å². The fourth-order valence-electron chi connectivity index (χ4n) is 3.06. The summed E-state index contributed by atoms with van der Waals surface area (Å²) in [7, 11) is 0. The fourth-order valence-corrected chi connectivity index (χ4v) is 3.82. The van der Waals surface area contributed by atoms with Gasteiger partial charge in [0.2, 0.25) is 5.91 Å². The smallest absolute Gasteiger partial charge is 0.342 e. The van der Waals surface area contributed by atoms with Crippen LogP contribution in [0.25, 0.3) is 0 Å². The van der Waals surface area contributed by atoms with E-state index in [1.807, 2.05) is 6.07 Å². The van der Waals surface area contributed by atoms with Gasteiger partial charge in [0.1, 0.15) is 0 Å². The van der Waals surface area contributed by atoms with Crippen LogP contribution in [0, 0.1) is 0 Å². The zero-order valence-electron chi connectivity index (χ0n) is 18.2. The standard InChI is InChI=1S/C23H22F3N5O2S/c1-3-12-31-20(15(2)27-21(33)16-8-5-4-6-9-16)29-30-22(31)34-14-19(32)28-18-11-7-10-17(13-18)23(24,25)26/h3-11,13,15H,1,12,14H2,2H3,(H,27,33)(H,28,32)/t15-/m0/s1. The number of carbonyl (C=O) groups is 2. The number of carbonyl (C=O) groups excluding carboxylic acids is 2. The first-order valence-electron chi connectivity index (χ1n) is 10.2. The average Bonchev–Trinajstić information content (AvgIpc) is 3.21. The first-order valence-corrected chi connectivity index (χ1v) is 11.2. The van der Waals surface area contributed by atoms with E-state index in [0.717, 1.165) is 23.9 Å². The zero-order valence-corrected chi connectivity index (χ0v) is 19.0. The van der Waals surface area contributed by atoms with E-state index in [4.69, 9.17) is 0 Å². The third-order valence-corrected chi connectivity index (χ3v) is 5.60. The highest BCUT2D eigenvalue weighted by Crippen LogP contribution is 2.30. The summed E-state index contributed by atoms with van der Waals surface area (Å²) in [5, 5.41) is 14.0. The van der Waals surface area contributed by atoms with Crippen LogP contribution in [0.1, 0.15) is 34.7 Å². The zero-order chi connectivity index (χ0) is 24.7. The van der Waals surface area contributed by atoms with Crippen LogP contribution in [-0.4, -0.2) is 32.3 Å². The molecule has 1 aromatic heterocycles. The monoisotopic (exact) mass is 489 g/mol. The molecule has 0 aliphatic heterocycles. The predicted octanol–water partition coefficient (Wildman–Crippen LogP) is 4.70. The minimum Gasteiger partial charge on any atom is -0.342 e. The highest BCUT2D eigenvalue weighted by molar-refractivity contribution is 7.99. The van der Waals surface area contributed by atoms with Gasteiger partial charge in [-0.05, 0) is 37.3 Å². The Labute approximate surface area is 198 Å². The second-order valence-corrected chi connectivity index (χ2v) is 8.16. The number of hydrogen-bond acceptors (Lipinski definition) is 5. The van der Waals surface area contributed by atoms with E-state index in [1.54, 1.807) is 41.8 Å². The molecule has 0 spiro atoms. The molecular formula is C23H22F3N5O2S. The summed E-state index contributed by atoms with van der Waals surface area (Å²) in [6.45, 7) is 5.82. The number of hydrogen-bond donors (Lipinski definition) is 2. The molecule has 1 heterocycles. The lowest BCUT2D eigenvalue weighted by Gasteiger charge is -2.15. The van der Waals surface area contributed by atoms with E-state index in [2.05, 4.69) is 27.4 Å². The number of thioether (sulfide) groups is 1. The van der Waals surface area contributed by atoms with E-state index >= 15 is 0 Å². The molecule has 2 aromatic carbocycles.